The van der Waals surface area contributed by atoms with E-state index in [0.29, 0.717) is 6.07 Å². The SMILES string of the molecule is CN=S(C)(=O)c1ccc(O)cc1C(F)(F)F. The monoisotopic (exact) mass is 253 g/mol. The van der Waals surface area contributed by atoms with Crippen molar-refractivity contribution in [1.29, 1.82) is 0 Å². The molecule has 0 fully saturated rings. The highest BCUT2D eigenvalue weighted by atomic mass is 32.2. The lowest BCUT2D eigenvalue weighted by atomic mass is 10.2. The molecule has 90 valence electrons. The fourth-order valence-electron chi connectivity index (χ4n) is 1.17. The maximum absolute atomic E-state index is 12.6. The van der Waals surface area contributed by atoms with Crippen molar-refractivity contribution < 1.29 is 22.5 Å². The van der Waals surface area contributed by atoms with Crippen LogP contribution in [0.1, 0.15) is 5.56 Å². The third-order valence-corrected chi connectivity index (χ3v) is 3.89. The number of nitrogens with zero attached hydrogens (tertiary/aromatic N) is 1. The minimum Gasteiger partial charge on any atom is -0.508 e. The van der Waals surface area contributed by atoms with Crippen molar-refractivity contribution in [3.8, 4) is 5.75 Å². The summed E-state index contributed by atoms with van der Waals surface area (Å²) >= 11 is 0. The van der Waals surface area contributed by atoms with Gasteiger partial charge in [0.2, 0.25) is 0 Å². The van der Waals surface area contributed by atoms with E-state index in [1.165, 1.54) is 7.05 Å². The number of halogens is 3. The van der Waals surface area contributed by atoms with Gasteiger partial charge in [0.1, 0.15) is 5.75 Å². The number of phenolic OH excluding ortho intramolecular Hbond substituents is 1. The highest BCUT2D eigenvalue weighted by Gasteiger charge is 2.35. The molecule has 0 bridgehead atoms. The molecule has 0 saturated heterocycles. The lowest BCUT2D eigenvalue weighted by molar-refractivity contribution is -0.139. The Kier molecular flexibility index (Phi) is 3.18. The van der Waals surface area contributed by atoms with Crippen molar-refractivity contribution >= 4 is 9.73 Å². The first kappa shape index (κ1) is 12.8. The van der Waals surface area contributed by atoms with E-state index in [9.17, 15) is 17.4 Å². The lowest BCUT2D eigenvalue weighted by Gasteiger charge is -2.13. The molecular formula is C9H10F3NO2S. The van der Waals surface area contributed by atoms with Crippen LogP contribution in [0, 0.1) is 0 Å². The van der Waals surface area contributed by atoms with Gasteiger partial charge in [0.25, 0.3) is 0 Å². The Morgan fingerprint density at radius 1 is 1.38 bits per heavy atom. The summed E-state index contributed by atoms with van der Waals surface area (Å²) in [5.74, 6) is -0.526. The van der Waals surface area contributed by atoms with Crippen LogP contribution in [0.3, 0.4) is 0 Å². The number of hydrogen-bond donors (Lipinski definition) is 1. The zero-order valence-electron chi connectivity index (χ0n) is 8.58. The summed E-state index contributed by atoms with van der Waals surface area (Å²) in [5.41, 5.74) is -1.12. The fraction of sp³-hybridized carbons (Fsp3) is 0.333. The van der Waals surface area contributed by atoms with Gasteiger partial charge in [-0.15, -0.1) is 0 Å². The number of benzene rings is 1. The number of alkyl halides is 3. The molecule has 1 aromatic carbocycles. The van der Waals surface area contributed by atoms with Crippen molar-refractivity contribution in [3.63, 3.8) is 0 Å². The summed E-state index contributed by atoms with van der Waals surface area (Å²) in [7, 11) is -1.90. The van der Waals surface area contributed by atoms with Gasteiger partial charge in [0, 0.05) is 13.3 Å². The molecular weight excluding hydrogens is 243 g/mol. The van der Waals surface area contributed by atoms with Gasteiger partial charge in [-0.2, -0.15) is 13.2 Å². The van der Waals surface area contributed by atoms with Crippen LogP contribution in [0.2, 0.25) is 0 Å². The van der Waals surface area contributed by atoms with Crippen LogP contribution < -0.4 is 0 Å². The summed E-state index contributed by atoms with van der Waals surface area (Å²) in [6, 6.07) is 2.58. The summed E-state index contributed by atoms with van der Waals surface area (Å²) < 4.78 is 53.1. The molecule has 0 saturated carbocycles. The van der Waals surface area contributed by atoms with Gasteiger partial charge in [0.15, 0.2) is 0 Å². The van der Waals surface area contributed by atoms with Gasteiger partial charge < -0.3 is 5.11 Å². The first-order valence-electron chi connectivity index (χ1n) is 4.19. The second kappa shape index (κ2) is 3.97. The second-order valence-corrected chi connectivity index (χ2v) is 5.57. The normalized spacial score (nSPS) is 15.6. The maximum Gasteiger partial charge on any atom is 0.417 e. The third-order valence-electron chi connectivity index (χ3n) is 2.02. The van der Waals surface area contributed by atoms with E-state index in [-0.39, 0.29) is 0 Å². The van der Waals surface area contributed by atoms with Crippen molar-refractivity contribution in [1.82, 2.24) is 0 Å². The van der Waals surface area contributed by atoms with Gasteiger partial charge in [0.05, 0.1) is 20.2 Å². The quantitative estimate of drug-likeness (QED) is 0.836. The topological polar surface area (TPSA) is 49.7 Å². The number of hydrogen-bond acceptors (Lipinski definition) is 3. The average molecular weight is 253 g/mol. The molecule has 16 heavy (non-hydrogen) atoms. The van der Waals surface area contributed by atoms with Crippen molar-refractivity contribution in [3.05, 3.63) is 23.8 Å². The van der Waals surface area contributed by atoms with E-state index in [0.717, 1.165) is 18.4 Å². The molecule has 0 aliphatic rings. The number of phenols is 1. The molecule has 1 atom stereocenters. The van der Waals surface area contributed by atoms with Gasteiger partial charge in [-0.3, -0.25) is 0 Å². The molecule has 0 heterocycles. The Bertz CT molecular complexity index is 516. The molecule has 1 unspecified atom stereocenters. The second-order valence-electron chi connectivity index (χ2n) is 3.16. The maximum atomic E-state index is 12.6. The van der Waals surface area contributed by atoms with Crippen LogP contribution >= 0.6 is 0 Å². The Labute approximate surface area is 91.1 Å². The standard InChI is InChI=1S/C9H10F3NO2S/c1-13-16(2,15)8-4-3-6(14)5-7(8)9(10,11)12/h3-5,14H,1-2H3. The number of aromatic hydroxyl groups is 1. The van der Waals surface area contributed by atoms with Crippen LogP contribution in [0.25, 0.3) is 0 Å². The van der Waals surface area contributed by atoms with E-state index in [2.05, 4.69) is 4.36 Å². The largest absolute Gasteiger partial charge is 0.508 e. The molecule has 1 rings (SSSR count). The number of rotatable bonds is 1. The predicted molar refractivity (Wildman–Crippen MR) is 53.8 cm³/mol. The van der Waals surface area contributed by atoms with Gasteiger partial charge in [-0.25, -0.2) is 8.57 Å². The van der Waals surface area contributed by atoms with Gasteiger partial charge in [-0.05, 0) is 18.2 Å². The molecule has 0 spiro atoms. The highest BCUT2D eigenvalue weighted by Crippen LogP contribution is 2.36. The minimum absolute atomic E-state index is 0.416. The first-order chi connectivity index (χ1) is 7.18. The zero-order valence-corrected chi connectivity index (χ0v) is 9.39. The molecule has 0 aliphatic carbocycles. The Morgan fingerprint density at radius 2 is 1.94 bits per heavy atom. The molecule has 0 amide bonds. The Hall–Kier alpha value is -1.24. The first-order valence-corrected chi connectivity index (χ1v) is 6.11. The molecule has 1 N–H and O–H groups in total. The van der Waals surface area contributed by atoms with E-state index < -0.39 is 32.1 Å². The smallest absolute Gasteiger partial charge is 0.417 e. The van der Waals surface area contributed by atoms with Crippen LogP contribution in [0.5, 0.6) is 5.75 Å². The van der Waals surface area contributed by atoms with Crippen LogP contribution in [-0.4, -0.2) is 22.6 Å². The van der Waals surface area contributed by atoms with Crippen LogP contribution in [-0.2, 0) is 15.9 Å². The average Bonchev–Trinajstić information content (AvgIpc) is 2.16. The minimum atomic E-state index is -4.67. The lowest BCUT2D eigenvalue weighted by Crippen LogP contribution is -2.12. The molecule has 0 aromatic heterocycles. The molecule has 0 aliphatic heterocycles. The molecule has 7 heteroatoms. The summed E-state index contributed by atoms with van der Waals surface area (Å²) in [4.78, 5) is -0.416. The molecule has 0 radical (unpaired) electrons. The fourth-order valence-corrected chi connectivity index (χ4v) is 2.27. The summed E-state index contributed by atoms with van der Waals surface area (Å²) in [5, 5.41) is 9.02. The van der Waals surface area contributed by atoms with Crippen molar-refractivity contribution in [2.75, 3.05) is 13.3 Å². The summed E-state index contributed by atoms with van der Waals surface area (Å²) in [6.45, 7) is 0. The highest BCUT2D eigenvalue weighted by molar-refractivity contribution is 7.93. The van der Waals surface area contributed by atoms with Crippen LogP contribution in [0.4, 0.5) is 13.2 Å². The van der Waals surface area contributed by atoms with Crippen molar-refractivity contribution in [2.24, 2.45) is 4.36 Å². The van der Waals surface area contributed by atoms with Gasteiger partial charge in [-0.1, -0.05) is 0 Å². The van der Waals surface area contributed by atoms with Crippen LogP contribution in [0.15, 0.2) is 27.5 Å². The molecule has 3 nitrogen and oxygen atoms in total. The Balaban J connectivity index is 3.60. The van der Waals surface area contributed by atoms with E-state index in [4.69, 9.17) is 5.11 Å². The van der Waals surface area contributed by atoms with Gasteiger partial charge >= 0.3 is 6.18 Å². The molecule has 1 aromatic rings. The third kappa shape index (κ3) is 2.46. The predicted octanol–water partition coefficient (Wildman–Crippen LogP) is 2.50. The van der Waals surface area contributed by atoms with E-state index in [1.54, 1.807) is 0 Å². The Morgan fingerprint density at radius 3 is 2.38 bits per heavy atom. The van der Waals surface area contributed by atoms with E-state index >= 15 is 0 Å². The zero-order chi connectivity index (χ0) is 12.6. The summed E-state index contributed by atoms with van der Waals surface area (Å²) in [6.07, 6.45) is -3.55. The van der Waals surface area contributed by atoms with E-state index in [1.807, 2.05) is 0 Å². The van der Waals surface area contributed by atoms with Crippen molar-refractivity contribution in [2.45, 2.75) is 11.1 Å².